The third-order valence-corrected chi connectivity index (χ3v) is 3.76. The molecule has 6 nitrogen and oxygen atoms in total. The number of hydroxylamine groups is 1. The van der Waals surface area contributed by atoms with Crippen molar-refractivity contribution in [3.8, 4) is 0 Å². The van der Waals surface area contributed by atoms with Crippen LogP contribution in [0.1, 0.15) is 19.8 Å². The van der Waals surface area contributed by atoms with Gasteiger partial charge in [0.15, 0.2) is 6.10 Å². The molecule has 1 amide bonds. The molecule has 21 heavy (non-hydrogen) atoms. The van der Waals surface area contributed by atoms with E-state index in [9.17, 15) is 4.79 Å². The second kappa shape index (κ2) is 6.05. The quantitative estimate of drug-likeness (QED) is 0.849. The van der Waals surface area contributed by atoms with E-state index in [1.165, 1.54) is 5.17 Å². The fourth-order valence-electron chi connectivity index (χ4n) is 1.87. The highest BCUT2D eigenvalue weighted by Crippen LogP contribution is 2.21. The lowest BCUT2D eigenvalue weighted by molar-refractivity contribution is -0.191. The maximum absolute atomic E-state index is 11.8. The molecule has 1 unspecified atom stereocenters. The molecule has 2 aliphatic rings. The summed E-state index contributed by atoms with van der Waals surface area (Å²) in [5, 5.41) is 6.15. The lowest BCUT2D eigenvalue weighted by Gasteiger charge is -2.24. The average molecular weight is 353 g/mol. The van der Waals surface area contributed by atoms with Crippen molar-refractivity contribution in [2.75, 3.05) is 5.01 Å². The van der Waals surface area contributed by atoms with Crippen molar-refractivity contribution in [3.63, 3.8) is 0 Å². The summed E-state index contributed by atoms with van der Waals surface area (Å²) in [4.78, 5) is 17.4. The minimum absolute atomic E-state index is 0.0882. The van der Waals surface area contributed by atoms with E-state index in [0.29, 0.717) is 6.04 Å². The Labute approximate surface area is 131 Å². The van der Waals surface area contributed by atoms with Crippen LogP contribution in [-0.4, -0.2) is 23.2 Å². The topological polar surface area (TPSA) is 56.8 Å². The van der Waals surface area contributed by atoms with E-state index in [-0.39, 0.29) is 5.91 Å². The number of hydrazine groups is 2. The van der Waals surface area contributed by atoms with Crippen LogP contribution < -0.4 is 15.9 Å². The number of benzene rings is 1. The van der Waals surface area contributed by atoms with Gasteiger partial charge in [-0.1, -0.05) is 15.9 Å². The fourth-order valence-corrected chi connectivity index (χ4v) is 2.13. The molecule has 112 valence electrons. The Hall–Kier alpha value is -1.57. The van der Waals surface area contributed by atoms with Gasteiger partial charge < -0.3 is 5.32 Å². The highest BCUT2D eigenvalue weighted by molar-refractivity contribution is 9.10. The number of hydrogen-bond donors (Lipinski definition) is 2. The zero-order valence-corrected chi connectivity index (χ0v) is 13.2. The third kappa shape index (κ3) is 3.75. The summed E-state index contributed by atoms with van der Waals surface area (Å²) in [5.74, 6) is -0.0882. The predicted molar refractivity (Wildman–Crippen MR) is 82.4 cm³/mol. The third-order valence-electron chi connectivity index (χ3n) is 3.23. The Balaban J connectivity index is 1.51. The van der Waals surface area contributed by atoms with Gasteiger partial charge in [-0.3, -0.25) is 9.80 Å². The molecule has 1 aliphatic heterocycles. The zero-order valence-electron chi connectivity index (χ0n) is 11.6. The van der Waals surface area contributed by atoms with Gasteiger partial charge in [-0.05, 0) is 44.0 Å². The summed E-state index contributed by atoms with van der Waals surface area (Å²) in [6, 6.07) is 8.19. The molecule has 3 rings (SSSR count). The molecule has 0 spiro atoms. The maximum Gasteiger partial charge on any atom is 0.251 e. The number of hydrogen-bond acceptors (Lipinski definition) is 5. The van der Waals surface area contributed by atoms with Crippen molar-refractivity contribution in [3.05, 3.63) is 41.1 Å². The van der Waals surface area contributed by atoms with Gasteiger partial charge in [0.25, 0.3) is 5.91 Å². The Morgan fingerprint density at radius 2 is 2.10 bits per heavy atom. The molecule has 1 aliphatic carbocycles. The molecule has 0 radical (unpaired) electrons. The van der Waals surface area contributed by atoms with Crippen LogP contribution in [0.5, 0.6) is 0 Å². The van der Waals surface area contributed by atoms with Crippen LogP contribution in [0.25, 0.3) is 0 Å². The number of carbonyl (C=O) groups excluding carboxylic acids is 1. The van der Waals surface area contributed by atoms with E-state index in [1.54, 1.807) is 18.1 Å². The number of halogens is 1. The Morgan fingerprint density at radius 1 is 1.38 bits per heavy atom. The highest BCUT2D eigenvalue weighted by atomic mass is 79.9. The number of anilines is 1. The molecular formula is C14H17BrN4O2. The first kappa shape index (κ1) is 14.4. The Morgan fingerprint density at radius 3 is 2.76 bits per heavy atom. The van der Waals surface area contributed by atoms with Crippen molar-refractivity contribution < 1.29 is 9.63 Å². The molecule has 1 aromatic rings. The van der Waals surface area contributed by atoms with Gasteiger partial charge in [0.2, 0.25) is 0 Å². The first-order chi connectivity index (χ1) is 10.1. The molecule has 1 fully saturated rings. The van der Waals surface area contributed by atoms with Crippen LogP contribution >= 0.6 is 15.9 Å². The molecule has 0 saturated heterocycles. The van der Waals surface area contributed by atoms with Gasteiger partial charge >= 0.3 is 0 Å². The number of amides is 1. The minimum atomic E-state index is -0.549. The highest BCUT2D eigenvalue weighted by Gasteiger charge is 2.27. The minimum Gasteiger partial charge on any atom is -0.351 e. The number of nitrogens with zero attached hydrogens (tertiary/aromatic N) is 2. The van der Waals surface area contributed by atoms with Crippen LogP contribution in [0.2, 0.25) is 0 Å². The normalized spacial score (nSPS) is 19.0. The molecule has 0 aromatic heterocycles. The first-order valence-electron chi connectivity index (χ1n) is 6.87. The molecule has 7 heteroatoms. The van der Waals surface area contributed by atoms with E-state index in [1.807, 2.05) is 30.5 Å². The van der Waals surface area contributed by atoms with Gasteiger partial charge in [-0.15, -0.1) is 5.53 Å². The summed E-state index contributed by atoms with van der Waals surface area (Å²) < 4.78 is 1.02. The van der Waals surface area contributed by atoms with Crippen LogP contribution in [-0.2, 0) is 9.63 Å². The summed E-state index contributed by atoms with van der Waals surface area (Å²) in [6.07, 6.45) is 5.14. The largest absolute Gasteiger partial charge is 0.351 e. The summed E-state index contributed by atoms with van der Waals surface area (Å²) >= 11 is 3.40. The summed E-state index contributed by atoms with van der Waals surface area (Å²) in [5.41, 5.74) is 3.99. The second-order valence-electron chi connectivity index (χ2n) is 5.10. The van der Waals surface area contributed by atoms with Crippen molar-refractivity contribution in [2.24, 2.45) is 0 Å². The lowest BCUT2D eigenvalue weighted by atomic mass is 10.3. The summed E-state index contributed by atoms with van der Waals surface area (Å²) in [6.45, 7) is 1.73. The Kier molecular flexibility index (Phi) is 4.14. The van der Waals surface area contributed by atoms with Crippen molar-refractivity contribution >= 4 is 27.5 Å². The Bertz CT molecular complexity index is 544. The summed E-state index contributed by atoms with van der Waals surface area (Å²) in [7, 11) is 0. The van der Waals surface area contributed by atoms with Gasteiger partial charge in [0.1, 0.15) is 0 Å². The van der Waals surface area contributed by atoms with Crippen molar-refractivity contribution in [1.29, 1.82) is 0 Å². The van der Waals surface area contributed by atoms with E-state index in [4.69, 9.17) is 4.84 Å². The maximum atomic E-state index is 11.8. The van der Waals surface area contributed by atoms with Crippen LogP contribution in [0.4, 0.5) is 5.69 Å². The van der Waals surface area contributed by atoms with Crippen LogP contribution in [0, 0.1) is 0 Å². The van der Waals surface area contributed by atoms with Gasteiger partial charge in [-0.2, -0.15) is 5.17 Å². The van der Waals surface area contributed by atoms with E-state index in [2.05, 4.69) is 26.8 Å². The number of rotatable bonds is 5. The van der Waals surface area contributed by atoms with Crippen LogP contribution in [0.3, 0.4) is 0 Å². The average Bonchev–Trinajstić information content (AvgIpc) is 3.16. The molecular weight excluding hydrogens is 336 g/mol. The predicted octanol–water partition coefficient (Wildman–Crippen LogP) is 2.06. The molecule has 1 atom stereocenters. The molecule has 2 N–H and O–H groups in total. The number of nitrogens with one attached hydrogen (secondary N) is 2. The molecule has 0 bridgehead atoms. The van der Waals surface area contributed by atoms with Crippen LogP contribution in [0.15, 0.2) is 41.1 Å². The standard InChI is InChI=1S/C14H17BrN4O2/c1-10(14(20)16-12-4-5-12)21-19-9-8-18(17-19)13-6-2-11(15)3-7-13/h2-3,6-10,12,17H,4-5H2,1H3,(H,16,20). The van der Waals surface area contributed by atoms with Gasteiger partial charge in [0.05, 0.1) is 11.9 Å². The second-order valence-corrected chi connectivity index (χ2v) is 6.02. The van der Waals surface area contributed by atoms with E-state index >= 15 is 0 Å². The van der Waals surface area contributed by atoms with E-state index in [0.717, 1.165) is 23.0 Å². The SMILES string of the molecule is CC(ON1C=CN(c2ccc(Br)cc2)N1)C(=O)NC1CC1. The molecule has 1 heterocycles. The lowest BCUT2D eigenvalue weighted by Crippen LogP contribution is -2.45. The smallest absolute Gasteiger partial charge is 0.251 e. The fraction of sp³-hybridized carbons (Fsp3) is 0.357. The molecule has 1 aromatic carbocycles. The monoisotopic (exact) mass is 352 g/mol. The van der Waals surface area contributed by atoms with Crippen molar-refractivity contribution in [1.82, 2.24) is 16.0 Å². The van der Waals surface area contributed by atoms with Gasteiger partial charge in [-0.25, -0.2) is 4.84 Å². The zero-order chi connectivity index (χ0) is 14.8. The first-order valence-corrected chi connectivity index (χ1v) is 7.67. The van der Waals surface area contributed by atoms with Crippen molar-refractivity contribution in [2.45, 2.75) is 31.9 Å². The number of carbonyl (C=O) groups is 1. The van der Waals surface area contributed by atoms with E-state index < -0.39 is 6.10 Å². The van der Waals surface area contributed by atoms with Gasteiger partial charge in [0, 0.05) is 16.7 Å². The molecule has 1 saturated carbocycles.